The molecule has 1 aliphatic heterocycles. The van der Waals surface area contributed by atoms with Crippen LogP contribution in [0, 0.1) is 11.6 Å². The van der Waals surface area contributed by atoms with Crippen molar-refractivity contribution in [2.24, 2.45) is 0 Å². The molecular weight excluding hydrogens is 272 g/mol. The molecule has 1 aliphatic rings. The van der Waals surface area contributed by atoms with E-state index >= 15 is 0 Å². The zero-order valence-electron chi connectivity index (χ0n) is 11.6. The summed E-state index contributed by atoms with van der Waals surface area (Å²) in [6.45, 7) is 2.26. The monoisotopic (exact) mass is 289 g/mol. The molecule has 0 bridgehead atoms. The highest BCUT2D eigenvalue weighted by atomic mass is 19.1. The van der Waals surface area contributed by atoms with Crippen molar-refractivity contribution in [3.05, 3.63) is 59.7 Å². The van der Waals surface area contributed by atoms with Crippen LogP contribution in [0.4, 0.5) is 8.78 Å². The molecule has 4 heteroatoms. The average Bonchev–Trinajstić information content (AvgIpc) is 2.99. The van der Waals surface area contributed by atoms with E-state index in [-0.39, 0.29) is 6.10 Å². The van der Waals surface area contributed by atoms with Crippen LogP contribution in [0.5, 0.6) is 0 Å². The fourth-order valence-corrected chi connectivity index (χ4v) is 2.59. The summed E-state index contributed by atoms with van der Waals surface area (Å²) in [6, 6.07) is 11.2. The lowest BCUT2D eigenvalue weighted by Crippen LogP contribution is -2.16. The second kappa shape index (κ2) is 6.33. The second-order valence-electron chi connectivity index (χ2n) is 5.21. The van der Waals surface area contributed by atoms with Crippen LogP contribution in [-0.2, 0) is 11.3 Å². The minimum atomic E-state index is -0.568. The largest absolute Gasteiger partial charge is 0.372 e. The predicted molar refractivity (Wildman–Crippen MR) is 77.9 cm³/mol. The van der Waals surface area contributed by atoms with Crippen molar-refractivity contribution < 1.29 is 13.5 Å². The van der Waals surface area contributed by atoms with Crippen molar-refractivity contribution >= 4 is 0 Å². The molecule has 0 spiro atoms. The molecule has 3 rings (SSSR count). The van der Waals surface area contributed by atoms with Gasteiger partial charge in [0.2, 0.25) is 0 Å². The molecule has 110 valence electrons. The van der Waals surface area contributed by atoms with Gasteiger partial charge in [0, 0.05) is 18.2 Å². The van der Waals surface area contributed by atoms with Gasteiger partial charge >= 0.3 is 0 Å². The second-order valence-corrected chi connectivity index (χ2v) is 5.21. The SMILES string of the molecule is Fc1ccc(-c2ccccc2COC2CCNC2)c(F)c1. The Morgan fingerprint density at radius 1 is 1.10 bits per heavy atom. The number of rotatable bonds is 4. The number of hydrogen-bond acceptors (Lipinski definition) is 2. The first-order chi connectivity index (χ1) is 10.2. The zero-order chi connectivity index (χ0) is 14.7. The average molecular weight is 289 g/mol. The standard InChI is InChI=1S/C17H17F2NO/c18-13-5-6-16(17(19)9-13)15-4-2-1-3-12(15)11-21-14-7-8-20-10-14/h1-6,9,14,20H,7-8,10-11H2. The number of ether oxygens (including phenoxy) is 1. The highest BCUT2D eigenvalue weighted by Crippen LogP contribution is 2.27. The molecule has 1 heterocycles. The predicted octanol–water partition coefficient (Wildman–Crippen LogP) is 3.51. The smallest absolute Gasteiger partial charge is 0.133 e. The first-order valence-electron chi connectivity index (χ1n) is 7.09. The van der Waals surface area contributed by atoms with E-state index in [4.69, 9.17) is 4.74 Å². The van der Waals surface area contributed by atoms with Crippen molar-refractivity contribution in [1.29, 1.82) is 0 Å². The third-order valence-electron chi connectivity index (χ3n) is 3.73. The summed E-state index contributed by atoms with van der Waals surface area (Å²) in [7, 11) is 0. The number of hydrogen-bond donors (Lipinski definition) is 1. The van der Waals surface area contributed by atoms with Gasteiger partial charge in [-0.3, -0.25) is 0 Å². The van der Waals surface area contributed by atoms with Crippen LogP contribution >= 0.6 is 0 Å². The fourth-order valence-electron chi connectivity index (χ4n) is 2.59. The number of nitrogens with one attached hydrogen (secondary N) is 1. The van der Waals surface area contributed by atoms with Gasteiger partial charge < -0.3 is 10.1 Å². The van der Waals surface area contributed by atoms with Gasteiger partial charge in [-0.15, -0.1) is 0 Å². The summed E-state index contributed by atoms with van der Waals surface area (Å²) < 4.78 is 32.9. The van der Waals surface area contributed by atoms with Gasteiger partial charge in [-0.1, -0.05) is 24.3 Å². The van der Waals surface area contributed by atoms with Crippen LogP contribution in [0.1, 0.15) is 12.0 Å². The summed E-state index contributed by atoms with van der Waals surface area (Å²) in [6.07, 6.45) is 1.20. The van der Waals surface area contributed by atoms with Gasteiger partial charge in [-0.05, 0) is 36.2 Å². The maximum absolute atomic E-state index is 14.0. The maximum Gasteiger partial charge on any atom is 0.133 e. The van der Waals surface area contributed by atoms with E-state index in [0.29, 0.717) is 12.2 Å². The van der Waals surface area contributed by atoms with Crippen LogP contribution in [0.15, 0.2) is 42.5 Å². The summed E-state index contributed by atoms with van der Waals surface area (Å²) in [5, 5.41) is 3.24. The lowest BCUT2D eigenvalue weighted by atomic mass is 9.99. The van der Waals surface area contributed by atoms with Crippen molar-refractivity contribution in [3.8, 4) is 11.1 Å². The van der Waals surface area contributed by atoms with E-state index in [0.717, 1.165) is 36.7 Å². The molecule has 1 unspecified atom stereocenters. The molecule has 2 aromatic carbocycles. The molecule has 0 saturated carbocycles. The van der Waals surface area contributed by atoms with Gasteiger partial charge in [0.15, 0.2) is 0 Å². The van der Waals surface area contributed by atoms with Crippen LogP contribution in [0.25, 0.3) is 11.1 Å². The minimum Gasteiger partial charge on any atom is -0.372 e. The summed E-state index contributed by atoms with van der Waals surface area (Å²) in [4.78, 5) is 0. The molecule has 0 amide bonds. The Bertz CT molecular complexity index is 624. The Morgan fingerprint density at radius 3 is 2.71 bits per heavy atom. The van der Waals surface area contributed by atoms with Gasteiger partial charge in [-0.2, -0.15) is 0 Å². The maximum atomic E-state index is 14.0. The summed E-state index contributed by atoms with van der Waals surface area (Å²) in [5.41, 5.74) is 2.07. The first-order valence-corrected chi connectivity index (χ1v) is 7.09. The van der Waals surface area contributed by atoms with E-state index < -0.39 is 11.6 Å². The Kier molecular flexibility index (Phi) is 4.27. The molecule has 0 aromatic heterocycles. The van der Waals surface area contributed by atoms with Gasteiger partial charge in [0.25, 0.3) is 0 Å². The highest BCUT2D eigenvalue weighted by molar-refractivity contribution is 5.67. The van der Waals surface area contributed by atoms with Crippen molar-refractivity contribution in [2.75, 3.05) is 13.1 Å². The molecule has 2 aromatic rings. The van der Waals surface area contributed by atoms with Crippen LogP contribution in [0.3, 0.4) is 0 Å². The van der Waals surface area contributed by atoms with E-state index in [2.05, 4.69) is 5.32 Å². The fraction of sp³-hybridized carbons (Fsp3) is 0.294. The van der Waals surface area contributed by atoms with Crippen molar-refractivity contribution in [1.82, 2.24) is 5.32 Å². The number of benzene rings is 2. The Morgan fingerprint density at radius 2 is 1.95 bits per heavy atom. The third kappa shape index (κ3) is 3.28. The molecule has 21 heavy (non-hydrogen) atoms. The van der Waals surface area contributed by atoms with Gasteiger partial charge in [0.1, 0.15) is 11.6 Å². The number of halogens is 2. The van der Waals surface area contributed by atoms with Crippen molar-refractivity contribution in [3.63, 3.8) is 0 Å². The zero-order valence-corrected chi connectivity index (χ0v) is 11.6. The molecule has 0 aliphatic carbocycles. The van der Waals surface area contributed by atoms with Gasteiger partial charge in [0.05, 0.1) is 12.7 Å². The topological polar surface area (TPSA) is 21.3 Å². The Labute approximate surface area is 122 Å². The summed E-state index contributed by atoms with van der Waals surface area (Å²) >= 11 is 0. The molecule has 1 N–H and O–H groups in total. The lowest BCUT2D eigenvalue weighted by Gasteiger charge is -2.14. The van der Waals surface area contributed by atoms with E-state index in [1.165, 1.54) is 12.1 Å². The molecular formula is C17H17F2NO. The normalized spacial score (nSPS) is 18.1. The van der Waals surface area contributed by atoms with Crippen molar-refractivity contribution in [2.45, 2.75) is 19.1 Å². The molecule has 0 radical (unpaired) electrons. The lowest BCUT2D eigenvalue weighted by molar-refractivity contribution is 0.0545. The van der Waals surface area contributed by atoms with Crippen LogP contribution in [-0.4, -0.2) is 19.2 Å². The highest BCUT2D eigenvalue weighted by Gasteiger charge is 2.16. The summed E-state index contributed by atoms with van der Waals surface area (Å²) in [5.74, 6) is -1.12. The Hall–Kier alpha value is -1.78. The van der Waals surface area contributed by atoms with Gasteiger partial charge in [-0.25, -0.2) is 8.78 Å². The molecule has 1 saturated heterocycles. The molecule has 1 fully saturated rings. The van der Waals surface area contributed by atoms with E-state index in [1.807, 2.05) is 24.3 Å². The van der Waals surface area contributed by atoms with E-state index in [9.17, 15) is 8.78 Å². The van der Waals surface area contributed by atoms with E-state index in [1.54, 1.807) is 0 Å². The van der Waals surface area contributed by atoms with Crippen LogP contribution in [0.2, 0.25) is 0 Å². The minimum absolute atomic E-state index is 0.205. The first kappa shape index (κ1) is 14.2. The van der Waals surface area contributed by atoms with Crippen LogP contribution < -0.4 is 5.32 Å². The molecule has 2 nitrogen and oxygen atoms in total. The third-order valence-corrected chi connectivity index (χ3v) is 3.73. The Balaban J connectivity index is 1.84. The quantitative estimate of drug-likeness (QED) is 0.930. The molecule has 1 atom stereocenters.